The van der Waals surface area contributed by atoms with Gasteiger partial charge in [0.25, 0.3) is 5.56 Å². The zero-order valence-corrected chi connectivity index (χ0v) is 17.2. The number of aliphatic hydroxyl groups is 2. The molecule has 118 valence electrons. The third-order valence-corrected chi connectivity index (χ3v) is 3.32. The van der Waals surface area contributed by atoms with E-state index in [0.717, 1.165) is 16.8 Å². The molecule has 2 rings (SSSR count). The molecule has 1 aromatic rings. The molecule has 1 aliphatic rings. The summed E-state index contributed by atoms with van der Waals surface area (Å²) >= 11 is 0. The number of aliphatic hydroxyl groups excluding tert-OH is 2. The van der Waals surface area contributed by atoms with E-state index >= 15 is 0 Å². The maximum absolute atomic E-state index is 11.6. The summed E-state index contributed by atoms with van der Waals surface area (Å²) in [7, 11) is -5.26. The van der Waals surface area contributed by atoms with E-state index in [-0.39, 0.29) is 59.1 Å². The topological polar surface area (TPSA) is 177 Å². The Bertz CT molecular complexity index is 673. The number of H-pyrrole nitrogens is 1. The van der Waals surface area contributed by atoms with Crippen LogP contribution in [0.5, 0.6) is 0 Å². The van der Waals surface area contributed by atoms with E-state index in [4.69, 9.17) is 4.74 Å². The van der Waals surface area contributed by atoms with Gasteiger partial charge < -0.3 is 33.8 Å². The van der Waals surface area contributed by atoms with Crippen molar-refractivity contribution in [1.82, 2.24) is 9.55 Å². The largest absolute Gasteiger partial charge is 1.00 e. The van der Waals surface area contributed by atoms with Gasteiger partial charge >= 0.3 is 64.8 Å². The van der Waals surface area contributed by atoms with Gasteiger partial charge in [0.1, 0.15) is 18.3 Å². The third kappa shape index (κ3) is 6.15. The first-order chi connectivity index (χ1) is 9.69. The average molecular weight is 368 g/mol. The maximum Gasteiger partial charge on any atom is 1.00 e. The van der Waals surface area contributed by atoms with Crippen LogP contribution in [-0.4, -0.2) is 44.7 Å². The van der Waals surface area contributed by atoms with E-state index < -0.39 is 50.2 Å². The minimum Gasteiger partial charge on any atom is -0.790 e. The van der Waals surface area contributed by atoms with Crippen LogP contribution >= 0.6 is 7.82 Å². The van der Waals surface area contributed by atoms with Crippen molar-refractivity contribution in [2.24, 2.45) is 0 Å². The van der Waals surface area contributed by atoms with Gasteiger partial charge in [0.15, 0.2) is 6.23 Å². The Labute approximate surface area is 173 Å². The maximum atomic E-state index is 11.6. The van der Waals surface area contributed by atoms with Crippen LogP contribution in [-0.2, 0) is 13.8 Å². The van der Waals surface area contributed by atoms with Crippen LogP contribution in [0.15, 0.2) is 21.9 Å². The van der Waals surface area contributed by atoms with Crippen LogP contribution in [0.2, 0.25) is 0 Å². The molecule has 11 nitrogen and oxygen atoms in total. The molecule has 0 saturated carbocycles. The van der Waals surface area contributed by atoms with E-state index in [9.17, 15) is 34.2 Å². The fraction of sp³-hybridized carbons (Fsp3) is 0.556. The van der Waals surface area contributed by atoms with Crippen LogP contribution in [0.4, 0.5) is 0 Å². The first-order valence-corrected chi connectivity index (χ1v) is 7.15. The molecule has 1 aromatic heterocycles. The van der Waals surface area contributed by atoms with Crippen LogP contribution in [0.1, 0.15) is 6.23 Å². The number of nitrogens with one attached hydrogen (secondary N) is 1. The van der Waals surface area contributed by atoms with Crippen molar-refractivity contribution < 1.29 is 92.9 Å². The molecular formula is C9H11N2Na2O9P. The fourth-order valence-corrected chi connectivity index (χ4v) is 2.22. The number of aromatic nitrogens is 2. The Kier molecular flexibility index (Phi) is 9.66. The van der Waals surface area contributed by atoms with Crippen LogP contribution in [0.25, 0.3) is 0 Å². The molecule has 23 heavy (non-hydrogen) atoms. The molecule has 3 N–H and O–H groups in total. The number of rotatable bonds is 4. The number of nitrogens with zero attached hydrogens (tertiary/aromatic N) is 1. The van der Waals surface area contributed by atoms with Gasteiger partial charge in [0.05, 0.1) is 14.4 Å². The molecule has 0 aromatic carbocycles. The van der Waals surface area contributed by atoms with Gasteiger partial charge in [0.2, 0.25) is 0 Å². The van der Waals surface area contributed by atoms with Gasteiger partial charge in [-0.25, -0.2) is 4.79 Å². The zero-order chi connectivity index (χ0) is 15.8. The summed E-state index contributed by atoms with van der Waals surface area (Å²) in [5, 5.41) is 19.5. The molecule has 1 aliphatic heterocycles. The number of phosphoric acid groups is 1. The Morgan fingerprint density at radius 2 is 1.91 bits per heavy atom. The Morgan fingerprint density at radius 3 is 2.43 bits per heavy atom. The summed E-state index contributed by atoms with van der Waals surface area (Å²) in [5.74, 6) is 0. The predicted octanol–water partition coefficient (Wildman–Crippen LogP) is -9.99. The van der Waals surface area contributed by atoms with E-state index in [0.29, 0.717) is 0 Å². The second-order valence-corrected chi connectivity index (χ2v) is 5.46. The molecule has 4 atom stereocenters. The zero-order valence-electron chi connectivity index (χ0n) is 12.3. The van der Waals surface area contributed by atoms with Gasteiger partial charge in [-0.2, -0.15) is 0 Å². The SMILES string of the molecule is O=c1ccn([C@@H]2OC(COP(=O)([O-])[O-])C(O)C2O)c(=O)[nH]1.[Na+].[Na+]. The summed E-state index contributed by atoms with van der Waals surface area (Å²) in [6.07, 6.45) is -4.83. The van der Waals surface area contributed by atoms with E-state index in [1.807, 2.05) is 4.98 Å². The molecular weight excluding hydrogens is 357 g/mol. The van der Waals surface area contributed by atoms with Crippen molar-refractivity contribution in [3.63, 3.8) is 0 Å². The molecule has 14 heteroatoms. The summed E-state index contributed by atoms with van der Waals surface area (Å²) in [5.41, 5.74) is -1.55. The minimum atomic E-state index is -5.26. The molecule has 0 spiro atoms. The normalized spacial score (nSPS) is 27.1. The van der Waals surface area contributed by atoms with Gasteiger partial charge in [-0.05, 0) is 0 Å². The molecule has 0 radical (unpaired) electrons. The molecule has 1 fully saturated rings. The van der Waals surface area contributed by atoms with Gasteiger partial charge in [-0.15, -0.1) is 0 Å². The first kappa shape index (κ1) is 23.7. The second-order valence-electron chi connectivity index (χ2n) is 4.31. The van der Waals surface area contributed by atoms with Gasteiger partial charge in [-0.1, -0.05) is 0 Å². The molecule has 0 bridgehead atoms. The van der Waals surface area contributed by atoms with Crippen LogP contribution in [0.3, 0.4) is 0 Å². The Balaban J connectivity index is 0.00000242. The van der Waals surface area contributed by atoms with Gasteiger partial charge in [-0.3, -0.25) is 14.3 Å². The number of aromatic amines is 1. The smallest absolute Gasteiger partial charge is 0.790 e. The van der Waals surface area contributed by atoms with E-state index in [1.165, 1.54) is 0 Å². The Hall–Kier alpha value is 0.670. The summed E-state index contributed by atoms with van der Waals surface area (Å²) in [6.45, 7) is -0.808. The monoisotopic (exact) mass is 368 g/mol. The minimum absolute atomic E-state index is 0. The molecule has 0 aliphatic carbocycles. The molecule has 1 saturated heterocycles. The molecule has 2 heterocycles. The first-order valence-electron chi connectivity index (χ1n) is 5.69. The Morgan fingerprint density at radius 1 is 1.30 bits per heavy atom. The number of hydrogen-bond donors (Lipinski definition) is 3. The fourth-order valence-electron chi connectivity index (χ4n) is 1.89. The van der Waals surface area contributed by atoms with E-state index in [2.05, 4.69) is 4.52 Å². The summed E-state index contributed by atoms with van der Waals surface area (Å²) in [6, 6.07) is 0.997. The molecule has 0 amide bonds. The van der Waals surface area contributed by atoms with Crippen molar-refractivity contribution in [1.29, 1.82) is 0 Å². The molecule has 3 unspecified atom stereocenters. The van der Waals surface area contributed by atoms with Crippen molar-refractivity contribution in [2.75, 3.05) is 6.61 Å². The van der Waals surface area contributed by atoms with Crippen molar-refractivity contribution in [3.8, 4) is 0 Å². The number of ether oxygens (including phenoxy) is 1. The van der Waals surface area contributed by atoms with Crippen LogP contribution < -0.4 is 80.2 Å². The predicted molar refractivity (Wildman–Crippen MR) is 60.8 cm³/mol. The van der Waals surface area contributed by atoms with Crippen LogP contribution in [0, 0.1) is 0 Å². The summed E-state index contributed by atoms with van der Waals surface area (Å²) < 4.78 is 20.3. The quantitative estimate of drug-likeness (QED) is 0.344. The standard InChI is InChI=1S/C9H13N2O9P.2Na/c12-5-1-2-11(9(15)10-5)8-7(14)6(13)4(20-8)3-19-21(16,17)18;;/h1-2,4,6-8,13-14H,3H2,(H,10,12,15)(H2,16,17,18);;/q;2*+1/p-2/t4?,6?,7?,8-;;/m1../s1. The number of hydrogen-bond acceptors (Lipinski definition) is 9. The average Bonchev–Trinajstić information content (AvgIpc) is 2.64. The number of phosphoric ester groups is 1. The second kappa shape index (κ2) is 9.39. The van der Waals surface area contributed by atoms with Gasteiger partial charge in [0, 0.05) is 12.3 Å². The van der Waals surface area contributed by atoms with E-state index in [1.54, 1.807) is 0 Å². The third-order valence-electron chi connectivity index (χ3n) is 2.86. The van der Waals surface area contributed by atoms with Crippen molar-refractivity contribution in [3.05, 3.63) is 33.1 Å². The van der Waals surface area contributed by atoms with Crippen molar-refractivity contribution in [2.45, 2.75) is 24.5 Å². The van der Waals surface area contributed by atoms with Crippen molar-refractivity contribution >= 4 is 7.82 Å². The summed E-state index contributed by atoms with van der Waals surface area (Å²) in [4.78, 5) is 45.2.